The fourth-order valence-electron chi connectivity index (χ4n) is 2.85. The van der Waals surface area contributed by atoms with Crippen molar-refractivity contribution in [1.29, 1.82) is 0 Å². The van der Waals surface area contributed by atoms with E-state index in [9.17, 15) is 4.79 Å². The van der Waals surface area contributed by atoms with Gasteiger partial charge in [-0.25, -0.2) is 9.97 Å². The summed E-state index contributed by atoms with van der Waals surface area (Å²) >= 11 is 1.71. The van der Waals surface area contributed by atoms with Crippen molar-refractivity contribution < 1.29 is 9.53 Å². The first-order valence-corrected chi connectivity index (χ1v) is 9.29. The smallest absolute Gasteiger partial charge is 0.222 e. The van der Waals surface area contributed by atoms with Crippen LogP contribution >= 0.6 is 11.3 Å². The summed E-state index contributed by atoms with van der Waals surface area (Å²) in [6.45, 7) is 5.53. The Morgan fingerprint density at radius 3 is 3.04 bits per heavy atom. The summed E-state index contributed by atoms with van der Waals surface area (Å²) in [6.07, 6.45) is 4.17. The van der Waals surface area contributed by atoms with Crippen LogP contribution in [0, 0.1) is 0 Å². The minimum absolute atomic E-state index is 0.145. The van der Waals surface area contributed by atoms with E-state index in [1.54, 1.807) is 17.5 Å². The molecule has 6 heteroatoms. The largest absolute Gasteiger partial charge is 0.379 e. The molecule has 2 heterocycles. The second-order valence-electron chi connectivity index (χ2n) is 6.30. The van der Waals surface area contributed by atoms with Gasteiger partial charge in [-0.05, 0) is 38.1 Å². The summed E-state index contributed by atoms with van der Waals surface area (Å²) in [5.74, 6) is 0.983. The van der Waals surface area contributed by atoms with Gasteiger partial charge in [0, 0.05) is 36.6 Å². The molecule has 1 aliphatic rings. The third-order valence-electron chi connectivity index (χ3n) is 4.04. The molecule has 0 aliphatic heterocycles. The van der Waals surface area contributed by atoms with Crippen molar-refractivity contribution in [3.63, 3.8) is 0 Å². The highest BCUT2D eigenvalue weighted by molar-refractivity contribution is 7.10. The van der Waals surface area contributed by atoms with Gasteiger partial charge in [0.25, 0.3) is 0 Å². The second kappa shape index (κ2) is 7.85. The Morgan fingerprint density at radius 2 is 2.29 bits per heavy atom. The molecule has 3 rings (SSSR count). The SMILES string of the molecule is CC(C)OCCCNc1ncc2c(n1)C[C@H](c1cccs1)CC2=O. The van der Waals surface area contributed by atoms with Gasteiger partial charge in [-0.1, -0.05) is 6.07 Å². The molecule has 0 radical (unpaired) electrons. The monoisotopic (exact) mass is 345 g/mol. The van der Waals surface area contributed by atoms with Gasteiger partial charge in [-0.2, -0.15) is 0 Å². The van der Waals surface area contributed by atoms with E-state index < -0.39 is 0 Å². The molecule has 128 valence electrons. The molecule has 0 bridgehead atoms. The molecule has 1 atom stereocenters. The van der Waals surface area contributed by atoms with Gasteiger partial charge < -0.3 is 10.1 Å². The Labute approximate surface area is 146 Å². The zero-order chi connectivity index (χ0) is 16.9. The minimum Gasteiger partial charge on any atom is -0.379 e. The molecule has 0 saturated carbocycles. The van der Waals surface area contributed by atoms with Gasteiger partial charge in [-0.15, -0.1) is 11.3 Å². The van der Waals surface area contributed by atoms with Gasteiger partial charge >= 0.3 is 0 Å². The number of nitrogens with zero attached hydrogens (tertiary/aromatic N) is 2. The maximum Gasteiger partial charge on any atom is 0.222 e. The molecule has 2 aromatic heterocycles. The number of carbonyl (C=O) groups is 1. The molecule has 2 aromatic rings. The van der Waals surface area contributed by atoms with E-state index in [1.165, 1.54) is 4.88 Å². The van der Waals surface area contributed by atoms with Crippen LogP contribution in [0.5, 0.6) is 0 Å². The molecular weight excluding hydrogens is 322 g/mol. The third-order valence-corrected chi connectivity index (χ3v) is 5.08. The van der Waals surface area contributed by atoms with Crippen molar-refractivity contribution in [2.24, 2.45) is 0 Å². The molecule has 0 fully saturated rings. The van der Waals surface area contributed by atoms with Crippen molar-refractivity contribution in [3.05, 3.63) is 39.8 Å². The number of nitrogens with one attached hydrogen (secondary N) is 1. The van der Waals surface area contributed by atoms with Crippen LogP contribution in [0.25, 0.3) is 0 Å². The summed E-state index contributed by atoms with van der Waals surface area (Å²) in [5, 5.41) is 5.28. The van der Waals surface area contributed by atoms with Crippen molar-refractivity contribution in [2.75, 3.05) is 18.5 Å². The van der Waals surface area contributed by atoms with E-state index in [0.29, 0.717) is 24.5 Å². The lowest BCUT2D eigenvalue weighted by atomic mass is 9.86. The first kappa shape index (κ1) is 17.0. The highest BCUT2D eigenvalue weighted by atomic mass is 32.1. The lowest BCUT2D eigenvalue weighted by Gasteiger charge is -2.22. The average Bonchev–Trinajstić information content (AvgIpc) is 3.08. The van der Waals surface area contributed by atoms with Crippen molar-refractivity contribution >= 4 is 23.1 Å². The molecule has 24 heavy (non-hydrogen) atoms. The molecule has 0 amide bonds. The number of ketones is 1. The molecule has 1 N–H and O–H groups in total. The Morgan fingerprint density at radius 1 is 1.42 bits per heavy atom. The van der Waals surface area contributed by atoms with Crippen LogP contribution in [0.3, 0.4) is 0 Å². The van der Waals surface area contributed by atoms with E-state index in [2.05, 4.69) is 26.7 Å². The minimum atomic E-state index is 0.145. The quantitative estimate of drug-likeness (QED) is 0.776. The average molecular weight is 345 g/mol. The van der Waals surface area contributed by atoms with E-state index >= 15 is 0 Å². The fraction of sp³-hybridized carbons (Fsp3) is 0.500. The zero-order valence-corrected chi connectivity index (χ0v) is 14.9. The van der Waals surface area contributed by atoms with Gasteiger partial charge in [0.1, 0.15) is 0 Å². The van der Waals surface area contributed by atoms with Crippen molar-refractivity contribution in [1.82, 2.24) is 9.97 Å². The summed E-state index contributed by atoms with van der Waals surface area (Å²) in [7, 11) is 0. The highest BCUT2D eigenvalue weighted by Crippen LogP contribution is 2.34. The maximum atomic E-state index is 12.4. The van der Waals surface area contributed by atoms with Gasteiger partial charge in [0.15, 0.2) is 5.78 Å². The lowest BCUT2D eigenvalue weighted by molar-refractivity contribution is 0.0787. The summed E-state index contributed by atoms with van der Waals surface area (Å²) < 4.78 is 5.52. The molecule has 0 spiro atoms. The van der Waals surface area contributed by atoms with Gasteiger partial charge in [-0.3, -0.25) is 4.79 Å². The summed E-state index contributed by atoms with van der Waals surface area (Å²) in [6, 6.07) is 4.13. The normalized spacial score (nSPS) is 17.1. The molecule has 5 nitrogen and oxygen atoms in total. The number of Topliss-reactive ketones (excluding diaryl/α,β-unsaturated/α-hetero) is 1. The van der Waals surface area contributed by atoms with Crippen LogP contribution in [0.1, 0.15) is 53.5 Å². The molecule has 0 unspecified atom stereocenters. The standard InChI is InChI=1S/C18H23N3O2S/c1-12(2)23-7-4-6-19-18-20-11-14-15(21-18)9-13(10-16(14)22)17-5-3-8-24-17/h3,5,8,11-13H,4,6-7,9-10H2,1-2H3,(H,19,20,21)/t13-/m0/s1. The molecular formula is C18H23N3O2S. The third kappa shape index (κ3) is 4.19. The highest BCUT2D eigenvalue weighted by Gasteiger charge is 2.28. The Bertz CT molecular complexity index is 686. The maximum absolute atomic E-state index is 12.4. The second-order valence-corrected chi connectivity index (χ2v) is 7.28. The van der Waals surface area contributed by atoms with Crippen LogP contribution in [-0.4, -0.2) is 35.0 Å². The fourth-order valence-corrected chi connectivity index (χ4v) is 3.68. The van der Waals surface area contributed by atoms with Crippen LogP contribution < -0.4 is 5.32 Å². The number of fused-ring (bicyclic) bond motifs is 1. The number of carbonyl (C=O) groups excluding carboxylic acids is 1. The predicted molar refractivity (Wildman–Crippen MR) is 95.9 cm³/mol. The van der Waals surface area contributed by atoms with E-state index in [-0.39, 0.29) is 17.8 Å². The summed E-state index contributed by atoms with van der Waals surface area (Å²) in [5.41, 5.74) is 1.54. The van der Waals surface area contributed by atoms with Crippen molar-refractivity contribution in [3.8, 4) is 0 Å². The Hall–Kier alpha value is -1.79. The first-order chi connectivity index (χ1) is 11.6. The van der Waals surface area contributed by atoms with Crippen LogP contribution in [-0.2, 0) is 11.2 Å². The van der Waals surface area contributed by atoms with E-state index in [4.69, 9.17) is 4.74 Å². The van der Waals surface area contributed by atoms with Crippen LogP contribution in [0.2, 0.25) is 0 Å². The number of thiophene rings is 1. The molecule has 1 aliphatic carbocycles. The number of hydrogen-bond acceptors (Lipinski definition) is 6. The van der Waals surface area contributed by atoms with Crippen LogP contribution in [0.15, 0.2) is 23.7 Å². The Balaban J connectivity index is 1.62. The molecule has 0 saturated heterocycles. The number of aromatic nitrogens is 2. The van der Waals surface area contributed by atoms with E-state index in [0.717, 1.165) is 25.1 Å². The number of hydrogen-bond donors (Lipinski definition) is 1. The van der Waals surface area contributed by atoms with Gasteiger partial charge in [0.2, 0.25) is 5.95 Å². The van der Waals surface area contributed by atoms with Crippen LogP contribution in [0.4, 0.5) is 5.95 Å². The topological polar surface area (TPSA) is 64.1 Å². The number of anilines is 1. The predicted octanol–water partition coefficient (Wildman–Crippen LogP) is 3.68. The summed E-state index contributed by atoms with van der Waals surface area (Å²) in [4.78, 5) is 22.5. The zero-order valence-electron chi connectivity index (χ0n) is 14.1. The number of rotatable bonds is 7. The van der Waals surface area contributed by atoms with Gasteiger partial charge in [0.05, 0.1) is 17.4 Å². The number of ether oxygens (including phenoxy) is 1. The lowest BCUT2D eigenvalue weighted by Crippen LogP contribution is -2.21. The first-order valence-electron chi connectivity index (χ1n) is 8.41. The molecule has 0 aromatic carbocycles. The van der Waals surface area contributed by atoms with Crippen molar-refractivity contribution in [2.45, 2.75) is 45.1 Å². The Kier molecular flexibility index (Phi) is 5.58. The van der Waals surface area contributed by atoms with E-state index in [1.807, 2.05) is 19.9 Å².